The van der Waals surface area contributed by atoms with E-state index in [0.29, 0.717) is 18.3 Å². The number of nitrogens with zero attached hydrogens (tertiary/aromatic N) is 5. The van der Waals surface area contributed by atoms with Gasteiger partial charge in [-0.1, -0.05) is 31.3 Å². The highest BCUT2D eigenvalue weighted by Gasteiger charge is 2.19. The Labute approximate surface area is 186 Å². The van der Waals surface area contributed by atoms with Gasteiger partial charge in [0.1, 0.15) is 17.9 Å². The molecule has 0 amide bonds. The summed E-state index contributed by atoms with van der Waals surface area (Å²) in [5.74, 6) is 1.74. The van der Waals surface area contributed by atoms with Crippen molar-refractivity contribution < 1.29 is 4.74 Å². The number of aromatic nitrogens is 4. The first-order chi connectivity index (χ1) is 14.9. The molecule has 7 nitrogen and oxygen atoms in total. The topological polar surface area (TPSA) is 82.1 Å². The Kier molecular flexibility index (Phi) is 6.20. The van der Waals surface area contributed by atoms with Crippen molar-refractivity contribution >= 4 is 28.1 Å². The summed E-state index contributed by atoms with van der Waals surface area (Å²) in [7, 11) is 4.08. The number of ether oxygens (including phenoxy) is 1. The summed E-state index contributed by atoms with van der Waals surface area (Å²) in [4.78, 5) is 12.3. The molecular weight excluding hydrogens is 408 g/mol. The molecule has 3 heterocycles. The summed E-state index contributed by atoms with van der Waals surface area (Å²) >= 11 is 1.60. The van der Waals surface area contributed by atoms with E-state index in [9.17, 15) is 0 Å². The fraction of sp³-hybridized carbons (Fsp3) is 0.348. The number of benzene rings is 1. The molecule has 4 aromatic rings. The van der Waals surface area contributed by atoms with Crippen molar-refractivity contribution in [2.45, 2.75) is 33.4 Å². The van der Waals surface area contributed by atoms with Crippen LogP contribution in [0.1, 0.15) is 30.0 Å². The van der Waals surface area contributed by atoms with Crippen LogP contribution in [0.15, 0.2) is 42.7 Å². The predicted octanol–water partition coefficient (Wildman–Crippen LogP) is 4.30. The van der Waals surface area contributed by atoms with E-state index in [0.717, 1.165) is 45.3 Å². The number of rotatable bonds is 8. The molecule has 0 saturated heterocycles. The number of pyridine rings is 1. The molecule has 0 radical (unpaired) electrons. The highest BCUT2D eigenvalue weighted by atomic mass is 32.1. The number of fused-ring (bicyclic) bond motifs is 1. The van der Waals surface area contributed by atoms with Gasteiger partial charge in [-0.2, -0.15) is 4.68 Å². The van der Waals surface area contributed by atoms with Crippen molar-refractivity contribution in [1.29, 1.82) is 0 Å². The Bertz CT molecular complexity index is 1170. The van der Waals surface area contributed by atoms with E-state index in [1.165, 1.54) is 5.56 Å². The van der Waals surface area contributed by atoms with Crippen LogP contribution in [0.4, 0.5) is 5.82 Å². The average molecular weight is 437 g/mol. The van der Waals surface area contributed by atoms with Gasteiger partial charge in [-0.15, -0.1) is 5.10 Å². The minimum atomic E-state index is 0.371. The van der Waals surface area contributed by atoms with E-state index >= 15 is 0 Å². The molecule has 0 spiro atoms. The van der Waals surface area contributed by atoms with Gasteiger partial charge in [-0.3, -0.25) is 4.98 Å². The van der Waals surface area contributed by atoms with Crippen LogP contribution >= 0.6 is 11.3 Å². The molecule has 8 heteroatoms. The largest absolute Gasteiger partial charge is 0.485 e. The molecule has 0 bridgehead atoms. The number of thiazole rings is 1. The van der Waals surface area contributed by atoms with E-state index in [-0.39, 0.29) is 0 Å². The maximum atomic E-state index is 6.35. The summed E-state index contributed by atoms with van der Waals surface area (Å²) in [6.07, 6.45) is 4.60. The molecular formula is C23H28N6OS. The molecule has 3 aromatic heterocycles. The normalized spacial score (nSPS) is 11.7. The molecule has 0 unspecified atom stereocenters. The van der Waals surface area contributed by atoms with Gasteiger partial charge in [0.05, 0.1) is 5.69 Å². The third-order valence-electron chi connectivity index (χ3n) is 4.77. The second-order valence-corrected chi connectivity index (χ2v) is 9.44. The third-order valence-corrected chi connectivity index (χ3v) is 5.73. The van der Waals surface area contributed by atoms with Crippen molar-refractivity contribution in [1.82, 2.24) is 24.6 Å². The summed E-state index contributed by atoms with van der Waals surface area (Å²) in [5, 5.41) is 6.28. The van der Waals surface area contributed by atoms with E-state index in [4.69, 9.17) is 10.5 Å². The molecule has 0 atom stereocenters. The van der Waals surface area contributed by atoms with E-state index < -0.39 is 0 Å². The maximum Gasteiger partial charge on any atom is 0.211 e. The van der Waals surface area contributed by atoms with Gasteiger partial charge in [-0.05, 0) is 56.3 Å². The molecule has 4 rings (SSSR count). The lowest BCUT2D eigenvalue weighted by Crippen LogP contribution is -2.09. The number of hydrogen-bond acceptors (Lipinski definition) is 7. The Morgan fingerprint density at radius 1 is 1.19 bits per heavy atom. The molecule has 0 aliphatic heterocycles. The first-order valence-electron chi connectivity index (χ1n) is 10.3. The van der Waals surface area contributed by atoms with Crippen LogP contribution in [0.5, 0.6) is 5.75 Å². The molecule has 162 valence electrons. The minimum absolute atomic E-state index is 0.371. The van der Waals surface area contributed by atoms with Crippen LogP contribution in [0, 0.1) is 5.92 Å². The molecule has 31 heavy (non-hydrogen) atoms. The van der Waals surface area contributed by atoms with Crippen molar-refractivity contribution in [2.75, 3.05) is 19.8 Å². The van der Waals surface area contributed by atoms with Gasteiger partial charge in [0.25, 0.3) is 0 Å². The number of nitrogens with two attached hydrogens (primary N) is 1. The van der Waals surface area contributed by atoms with E-state index in [1.807, 2.05) is 38.5 Å². The minimum Gasteiger partial charge on any atom is -0.485 e. The van der Waals surface area contributed by atoms with Crippen molar-refractivity contribution in [3.05, 3.63) is 58.9 Å². The quantitative estimate of drug-likeness (QED) is 0.443. The zero-order valence-corrected chi connectivity index (χ0v) is 19.2. The van der Waals surface area contributed by atoms with Crippen LogP contribution < -0.4 is 10.5 Å². The van der Waals surface area contributed by atoms with Gasteiger partial charge in [-0.25, -0.2) is 4.98 Å². The molecule has 0 aliphatic carbocycles. The highest BCUT2D eigenvalue weighted by Crippen LogP contribution is 2.35. The maximum absolute atomic E-state index is 6.35. The molecule has 0 aliphatic rings. The highest BCUT2D eigenvalue weighted by molar-refractivity contribution is 7.14. The van der Waals surface area contributed by atoms with Crippen molar-refractivity contribution in [2.24, 2.45) is 5.92 Å². The fourth-order valence-electron chi connectivity index (χ4n) is 3.54. The fourth-order valence-corrected chi connectivity index (χ4v) is 4.53. The lowest BCUT2D eigenvalue weighted by molar-refractivity contribution is 0.303. The number of nitrogen functional groups attached to an aromatic ring is 1. The Morgan fingerprint density at radius 2 is 2.03 bits per heavy atom. The SMILES string of the molecule is CC(C)Cc1cc(OCc2ccccn2)c2c(c1)c(N)nn2-c1ncc(CN(C)C)s1. The monoisotopic (exact) mass is 436 g/mol. The van der Waals surface area contributed by atoms with E-state index in [2.05, 4.69) is 45.9 Å². The summed E-state index contributed by atoms with van der Waals surface area (Å²) < 4.78 is 8.07. The second kappa shape index (κ2) is 9.03. The lowest BCUT2D eigenvalue weighted by Gasteiger charge is -2.12. The second-order valence-electron chi connectivity index (χ2n) is 8.34. The van der Waals surface area contributed by atoms with Crippen molar-refractivity contribution in [3.63, 3.8) is 0 Å². The summed E-state index contributed by atoms with van der Waals surface area (Å²) in [6, 6.07) is 10.0. The lowest BCUT2D eigenvalue weighted by atomic mass is 10.0. The number of anilines is 1. The molecule has 0 fully saturated rings. The van der Waals surface area contributed by atoms with Crippen LogP contribution in [0.25, 0.3) is 16.0 Å². The Hall–Kier alpha value is -2.97. The molecule has 0 saturated carbocycles. The third kappa shape index (κ3) is 4.86. The standard InChI is InChI=1S/C23H28N6OS/c1-15(2)9-16-10-19-21(20(11-16)30-14-17-7-5-6-8-25-17)29(27-22(19)24)23-26-12-18(31-23)13-28(3)4/h5-8,10-12,15H,9,13-14H2,1-4H3,(H2,24,27). The first-order valence-corrected chi connectivity index (χ1v) is 11.2. The van der Waals surface area contributed by atoms with E-state index in [1.54, 1.807) is 22.2 Å². The summed E-state index contributed by atoms with van der Waals surface area (Å²) in [6.45, 7) is 5.60. The average Bonchev–Trinajstić information content (AvgIpc) is 3.30. The Morgan fingerprint density at radius 3 is 2.74 bits per heavy atom. The summed E-state index contributed by atoms with van der Waals surface area (Å²) in [5.41, 5.74) is 9.23. The predicted molar refractivity (Wildman–Crippen MR) is 126 cm³/mol. The van der Waals surface area contributed by atoms with Crippen LogP contribution in [-0.4, -0.2) is 38.7 Å². The van der Waals surface area contributed by atoms with Gasteiger partial charge < -0.3 is 15.4 Å². The number of hydrogen-bond donors (Lipinski definition) is 1. The first kappa shape index (κ1) is 21.3. The zero-order valence-electron chi connectivity index (χ0n) is 18.4. The van der Waals surface area contributed by atoms with Crippen LogP contribution in [0.3, 0.4) is 0 Å². The van der Waals surface area contributed by atoms with Gasteiger partial charge in [0, 0.05) is 29.2 Å². The molecule has 1 aromatic carbocycles. The van der Waals surface area contributed by atoms with Crippen LogP contribution in [0.2, 0.25) is 0 Å². The smallest absolute Gasteiger partial charge is 0.211 e. The molecule has 2 N–H and O–H groups in total. The Balaban J connectivity index is 1.79. The zero-order chi connectivity index (χ0) is 22.0. The van der Waals surface area contributed by atoms with Gasteiger partial charge >= 0.3 is 0 Å². The van der Waals surface area contributed by atoms with Crippen LogP contribution in [-0.2, 0) is 19.6 Å². The van der Waals surface area contributed by atoms with Gasteiger partial charge in [0.2, 0.25) is 5.13 Å². The van der Waals surface area contributed by atoms with Crippen molar-refractivity contribution in [3.8, 4) is 10.9 Å². The van der Waals surface area contributed by atoms with Gasteiger partial charge in [0.15, 0.2) is 5.82 Å².